The summed E-state index contributed by atoms with van der Waals surface area (Å²) < 4.78 is 39.0. The predicted molar refractivity (Wildman–Crippen MR) is 156 cm³/mol. The number of aryl methyl sites for hydroxylation is 1. The Balaban J connectivity index is 1.40. The highest BCUT2D eigenvalue weighted by Crippen LogP contribution is 2.23. The van der Waals surface area contributed by atoms with Crippen molar-refractivity contribution in [2.24, 2.45) is 5.10 Å². The SMILES string of the molecule is COc1ccc(C(=O)Oc2ccc(Br)cc2/C=N/NC(=O)c2ccc(NS(=O)(=O)c3ccc(C)cc3)cc2)cc1. The zero-order chi connectivity index (χ0) is 28.7. The smallest absolute Gasteiger partial charge is 0.343 e. The highest BCUT2D eigenvalue weighted by Gasteiger charge is 2.15. The highest BCUT2D eigenvalue weighted by atomic mass is 79.9. The fourth-order valence-corrected chi connectivity index (χ4v) is 4.88. The molecule has 0 fully saturated rings. The van der Waals surface area contributed by atoms with E-state index in [9.17, 15) is 18.0 Å². The maximum atomic E-state index is 12.6. The van der Waals surface area contributed by atoms with E-state index in [-0.39, 0.29) is 16.2 Å². The summed E-state index contributed by atoms with van der Waals surface area (Å²) in [6, 6.07) is 23.9. The molecule has 0 heterocycles. The molecular weight excluding hydrogens is 598 g/mol. The lowest BCUT2D eigenvalue weighted by atomic mass is 10.2. The second-order valence-corrected chi connectivity index (χ2v) is 11.1. The van der Waals surface area contributed by atoms with Gasteiger partial charge >= 0.3 is 5.97 Å². The topological polar surface area (TPSA) is 123 Å². The minimum Gasteiger partial charge on any atom is -0.497 e. The van der Waals surface area contributed by atoms with Gasteiger partial charge in [-0.2, -0.15) is 5.10 Å². The van der Waals surface area contributed by atoms with Crippen molar-refractivity contribution in [2.75, 3.05) is 11.8 Å². The Bertz CT molecular complexity index is 1650. The molecule has 0 radical (unpaired) electrons. The van der Waals surface area contributed by atoms with Crippen LogP contribution in [0.25, 0.3) is 0 Å². The Kier molecular flexibility index (Phi) is 8.97. The van der Waals surface area contributed by atoms with Gasteiger partial charge in [-0.05, 0) is 85.8 Å². The number of ether oxygens (including phenoxy) is 2. The highest BCUT2D eigenvalue weighted by molar-refractivity contribution is 9.10. The number of sulfonamides is 1. The molecule has 0 saturated carbocycles. The molecule has 0 aliphatic carbocycles. The van der Waals surface area contributed by atoms with Crippen LogP contribution < -0.4 is 19.6 Å². The van der Waals surface area contributed by atoms with Crippen LogP contribution in [0, 0.1) is 6.92 Å². The van der Waals surface area contributed by atoms with Crippen molar-refractivity contribution in [3.63, 3.8) is 0 Å². The first kappa shape index (κ1) is 28.5. The summed E-state index contributed by atoms with van der Waals surface area (Å²) in [6.45, 7) is 1.87. The number of hydrazone groups is 1. The monoisotopic (exact) mass is 621 g/mol. The van der Waals surface area contributed by atoms with E-state index in [0.29, 0.717) is 27.0 Å². The van der Waals surface area contributed by atoms with Crippen molar-refractivity contribution in [1.82, 2.24) is 5.43 Å². The van der Waals surface area contributed by atoms with Crippen LogP contribution in [0.15, 0.2) is 105 Å². The van der Waals surface area contributed by atoms with Crippen LogP contribution >= 0.6 is 15.9 Å². The van der Waals surface area contributed by atoms with Gasteiger partial charge in [0.25, 0.3) is 15.9 Å². The van der Waals surface area contributed by atoms with E-state index >= 15 is 0 Å². The largest absolute Gasteiger partial charge is 0.497 e. The molecule has 2 N–H and O–H groups in total. The third kappa shape index (κ3) is 7.33. The molecular formula is C29H24BrN3O6S. The zero-order valence-corrected chi connectivity index (χ0v) is 23.8. The maximum Gasteiger partial charge on any atom is 0.343 e. The lowest BCUT2D eigenvalue weighted by Crippen LogP contribution is -2.18. The quantitative estimate of drug-likeness (QED) is 0.109. The van der Waals surface area contributed by atoms with Gasteiger partial charge in [0, 0.05) is 21.3 Å². The van der Waals surface area contributed by atoms with Gasteiger partial charge in [0.2, 0.25) is 0 Å². The normalized spacial score (nSPS) is 11.2. The molecule has 0 bridgehead atoms. The van der Waals surface area contributed by atoms with Gasteiger partial charge in [0.05, 0.1) is 23.8 Å². The molecule has 11 heteroatoms. The first-order valence-electron chi connectivity index (χ1n) is 11.8. The maximum absolute atomic E-state index is 12.6. The summed E-state index contributed by atoms with van der Waals surface area (Å²) in [5, 5.41) is 3.99. The molecule has 1 amide bonds. The fourth-order valence-electron chi connectivity index (χ4n) is 3.45. The van der Waals surface area contributed by atoms with Crippen LogP contribution in [0.3, 0.4) is 0 Å². The Morgan fingerprint density at radius 3 is 2.17 bits per heavy atom. The Morgan fingerprint density at radius 1 is 0.875 bits per heavy atom. The van der Waals surface area contributed by atoms with Gasteiger partial charge in [-0.1, -0.05) is 33.6 Å². The lowest BCUT2D eigenvalue weighted by molar-refractivity contribution is 0.0734. The van der Waals surface area contributed by atoms with Crippen molar-refractivity contribution in [2.45, 2.75) is 11.8 Å². The van der Waals surface area contributed by atoms with E-state index < -0.39 is 21.9 Å². The van der Waals surface area contributed by atoms with Gasteiger partial charge in [-0.25, -0.2) is 18.6 Å². The van der Waals surface area contributed by atoms with E-state index in [1.807, 2.05) is 6.92 Å². The summed E-state index contributed by atoms with van der Waals surface area (Å²) in [5.41, 5.74) is 4.70. The standard InChI is InChI=1S/C29H24BrN3O6S/c1-19-3-14-26(15-4-19)40(36,37)33-24-10-5-20(6-11-24)28(34)32-31-18-22-17-23(30)9-16-27(22)39-29(35)21-7-12-25(38-2)13-8-21/h3-18,33H,1-2H3,(H,32,34)/b31-18+. The third-order valence-electron chi connectivity index (χ3n) is 5.60. The third-order valence-corrected chi connectivity index (χ3v) is 7.49. The van der Waals surface area contributed by atoms with E-state index in [2.05, 4.69) is 31.2 Å². The number of amides is 1. The minimum absolute atomic E-state index is 0.135. The molecule has 0 atom stereocenters. The Hall–Kier alpha value is -4.48. The predicted octanol–water partition coefficient (Wildman–Crippen LogP) is 5.55. The van der Waals surface area contributed by atoms with Crippen molar-refractivity contribution in [3.8, 4) is 11.5 Å². The summed E-state index contributed by atoms with van der Waals surface area (Å²) in [6.07, 6.45) is 1.35. The second-order valence-electron chi connectivity index (χ2n) is 8.50. The molecule has 0 spiro atoms. The van der Waals surface area contributed by atoms with Gasteiger partial charge in [-0.15, -0.1) is 0 Å². The zero-order valence-electron chi connectivity index (χ0n) is 21.4. The van der Waals surface area contributed by atoms with E-state index in [1.165, 1.54) is 49.7 Å². The Labute approximate surface area is 240 Å². The van der Waals surface area contributed by atoms with E-state index in [1.54, 1.807) is 54.6 Å². The molecule has 0 aromatic heterocycles. The van der Waals surface area contributed by atoms with Gasteiger partial charge < -0.3 is 9.47 Å². The molecule has 4 aromatic rings. The number of carbonyl (C=O) groups excluding carboxylic acids is 2. The number of halogens is 1. The first-order chi connectivity index (χ1) is 19.1. The first-order valence-corrected chi connectivity index (χ1v) is 14.1. The number of carbonyl (C=O) groups is 2. The van der Waals surface area contributed by atoms with Crippen molar-refractivity contribution in [3.05, 3.63) is 118 Å². The summed E-state index contributed by atoms with van der Waals surface area (Å²) in [4.78, 5) is 25.3. The van der Waals surface area contributed by atoms with Crippen molar-refractivity contribution < 1.29 is 27.5 Å². The van der Waals surface area contributed by atoms with Crippen molar-refractivity contribution in [1.29, 1.82) is 0 Å². The number of hydrogen-bond acceptors (Lipinski definition) is 7. The van der Waals surface area contributed by atoms with Gasteiger partial charge in [-0.3, -0.25) is 9.52 Å². The number of anilines is 1. The number of nitrogens with one attached hydrogen (secondary N) is 2. The van der Waals surface area contributed by atoms with E-state index in [4.69, 9.17) is 9.47 Å². The number of benzene rings is 4. The van der Waals surface area contributed by atoms with Gasteiger partial charge in [0.15, 0.2) is 0 Å². The lowest BCUT2D eigenvalue weighted by Gasteiger charge is -2.09. The van der Waals surface area contributed by atoms with E-state index in [0.717, 1.165) is 5.56 Å². The molecule has 9 nitrogen and oxygen atoms in total. The summed E-state index contributed by atoms with van der Waals surface area (Å²) in [7, 11) is -2.23. The molecule has 0 aliphatic heterocycles. The van der Waals surface area contributed by atoms with Crippen LogP contribution in [-0.2, 0) is 10.0 Å². The average molecular weight is 622 g/mol. The molecule has 0 unspecified atom stereocenters. The second kappa shape index (κ2) is 12.6. The van der Waals surface area contributed by atoms with Gasteiger partial charge in [0.1, 0.15) is 11.5 Å². The summed E-state index contributed by atoms with van der Waals surface area (Å²) >= 11 is 3.37. The fraction of sp³-hybridized carbons (Fsp3) is 0.0690. The molecule has 4 rings (SSSR count). The average Bonchev–Trinajstić information content (AvgIpc) is 2.94. The molecule has 0 aliphatic rings. The molecule has 4 aromatic carbocycles. The number of hydrogen-bond donors (Lipinski definition) is 2. The number of rotatable bonds is 9. The number of methoxy groups -OCH3 is 1. The van der Waals surface area contributed by atoms with Crippen LogP contribution in [0.4, 0.5) is 5.69 Å². The molecule has 0 saturated heterocycles. The number of esters is 1. The van der Waals surface area contributed by atoms with Crippen LogP contribution in [0.2, 0.25) is 0 Å². The van der Waals surface area contributed by atoms with Crippen molar-refractivity contribution >= 4 is 49.7 Å². The Morgan fingerprint density at radius 2 is 1.52 bits per heavy atom. The van der Waals surface area contributed by atoms with Crippen LogP contribution in [0.1, 0.15) is 31.8 Å². The minimum atomic E-state index is -3.76. The molecule has 204 valence electrons. The number of nitrogens with zero attached hydrogens (tertiary/aromatic N) is 1. The summed E-state index contributed by atoms with van der Waals surface area (Å²) in [5.74, 6) is -0.230. The van der Waals surface area contributed by atoms with Crippen LogP contribution in [-0.4, -0.2) is 33.6 Å². The molecule has 40 heavy (non-hydrogen) atoms. The van der Waals surface area contributed by atoms with Crippen LogP contribution in [0.5, 0.6) is 11.5 Å².